The Bertz CT molecular complexity index is 605. The van der Waals surface area contributed by atoms with E-state index in [2.05, 4.69) is 28.9 Å². The Kier molecular flexibility index (Phi) is 8.47. The SMILES string of the molecule is CCCCCCCCCCN1CCN2CCc3cc(OC)c(OC)cc3C2C1. The van der Waals surface area contributed by atoms with Crippen LogP contribution in [0, 0.1) is 0 Å². The summed E-state index contributed by atoms with van der Waals surface area (Å²) in [6.45, 7) is 8.27. The number of fused-ring (bicyclic) bond motifs is 3. The van der Waals surface area contributed by atoms with Crippen molar-refractivity contribution in [2.75, 3.05) is 46.9 Å². The zero-order valence-electron chi connectivity index (χ0n) is 18.3. The summed E-state index contributed by atoms with van der Waals surface area (Å²) in [6, 6.07) is 4.93. The first kappa shape index (κ1) is 21.4. The fraction of sp³-hybridized carbons (Fsp3) is 0.750. The van der Waals surface area contributed by atoms with E-state index < -0.39 is 0 Å². The van der Waals surface area contributed by atoms with Crippen LogP contribution in [-0.2, 0) is 6.42 Å². The van der Waals surface area contributed by atoms with Gasteiger partial charge in [0.05, 0.1) is 14.2 Å². The van der Waals surface area contributed by atoms with E-state index in [0.29, 0.717) is 6.04 Å². The lowest BCUT2D eigenvalue weighted by Crippen LogP contribution is -2.51. The molecule has 0 spiro atoms. The highest BCUT2D eigenvalue weighted by molar-refractivity contribution is 5.49. The van der Waals surface area contributed by atoms with Crippen molar-refractivity contribution in [3.63, 3.8) is 0 Å². The molecule has 0 saturated carbocycles. The van der Waals surface area contributed by atoms with E-state index in [-0.39, 0.29) is 0 Å². The van der Waals surface area contributed by atoms with Gasteiger partial charge in [0, 0.05) is 32.2 Å². The maximum Gasteiger partial charge on any atom is 0.161 e. The lowest BCUT2D eigenvalue weighted by atomic mass is 9.90. The molecule has 1 unspecified atom stereocenters. The third kappa shape index (κ3) is 5.42. The summed E-state index contributed by atoms with van der Waals surface area (Å²) in [6.07, 6.45) is 12.3. The van der Waals surface area contributed by atoms with Crippen molar-refractivity contribution in [1.82, 2.24) is 9.80 Å². The number of unbranched alkanes of at least 4 members (excludes halogenated alkanes) is 7. The number of nitrogens with zero attached hydrogens (tertiary/aromatic N) is 2. The molecule has 158 valence electrons. The minimum atomic E-state index is 0.506. The largest absolute Gasteiger partial charge is 0.493 e. The molecule has 0 bridgehead atoms. The smallest absolute Gasteiger partial charge is 0.161 e. The predicted molar refractivity (Wildman–Crippen MR) is 117 cm³/mol. The van der Waals surface area contributed by atoms with Crippen molar-refractivity contribution in [3.8, 4) is 11.5 Å². The fourth-order valence-corrected chi connectivity index (χ4v) is 4.84. The molecule has 3 rings (SSSR count). The second-order valence-electron chi connectivity index (χ2n) is 8.48. The van der Waals surface area contributed by atoms with Crippen molar-refractivity contribution in [2.45, 2.75) is 70.8 Å². The highest BCUT2D eigenvalue weighted by Gasteiger charge is 2.33. The molecule has 0 amide bonds. The van der Waals surface area contributed by atoms with Crippen LogP contribution in [0.1, 0.15) is 75.5 Å². The van der Waals surface area contributed by atoms with Gasteiger partial charge in [0.2, 0.25) is 0 Å². The molecular formula is C24H40N2O2. The van der Waals surface area contributed by atoms with E-state index >= 15 is 0 Å². The van der Waals surface area contributed by atoms with Crippen LogP contribution in [0.5, 0.6) is 11.5 Å². The van der Waals surface area contributed by atoms with Crippen LogP contribution in [0.4, 0.5) is 0 Å². The molecular weight excluding hydrogens is 348 g/mol. The zero-order chi connectivity index (χ0) is 19.8. The second kappa shape index (κ2) is 11.1. The Labute approximate surface area is 172 Å². The van der Waals surface area contributed by atoms with Crippen molar-refractivity contribution >= 4 is 0 Å². The average Bonchev–Trinajstić information content (AvgIpc) is 2.74. The first-order valence-electron chi connectivity index (χ1n) is 11.5. The summed E-state index contributed by atoms with van der Waals surface area (Å²) < 4.78 is 11.1. The Balaban J connectivity index is 1.50. The lowest BCUT2D eigenvalue weighted by molar-refractivity contribution is 0.0660. The maximum absolute atomic E-state index is 5.58. The topological polar surface area (TPSA) is 24.9 Å². The molecule has 28 heavy (non-hydrogen) atoms. The molecule has 1 fully saturated rings. The number of methoxy groups -OCH3 is 2. The number of ether oxygens (including phenoxy) is 2. The van der Waals surface area contributed by atoms with Crippen LogP contribution >= 0.6 is 0 Å². The van der Waals surface area contributed by atoms with Crippen LogP contribution < -0.4 is 9.47 Å². The maximum atomic E-state index is 5.58. The van der Waals surface area contributed by atoms with Gasteiger partial charge in [-0.15, -0.1) is 0 Å². The fourth-order valence-electron chi connectivity index (χ4n) is 4.84. The quantitative estimate of drug-likeness (QED) is 0.495. The molecule has 0 aliphatic carbocycles. The Morgan fingerprint density at radius 2 is 1.54 bits per heavy atom. The van der Waals surface area contributed by atoms with E-state index in [0.717, 1.165) is 24.5 Å². The minimum absolute atomic E-state index is 0.506. The van der Waals surface area contributed by atoms with Gasteiger partial charge in [0.25, 0.3) is 0 Å². The molecule has 1 aromatic rings. The van der Waals surface area contributed by atoms with Crippen LogP contribution in [0.15, 0.2) is 12.1 Å². The number of rotatable bonds is 11. The summed E-state index contributed by atoms with van der Waals surface area (Å²) in [5, 5.41) is 0. The molecule has 1 aromatic carbocycles. The molecule has 1 saturated heterocycles. The zero-order valence-corrected chi connectivity index (χ0v) is 18.3. The van der Waals surface area contributed by atoms with Crippen LogP contribution in [0.3, 0.4) is 0 Å². The first-order valence-corrected chi connectivity index (χ1v) is 11.5. The molecule has 2 heterocycles. The molecule has 2 aliphatic rings. The van der Waals surface area contributed by atoms with Gasteiger partial charge in [-0.3, -0.25) is 4.90 Å². The predicted octanol–water partition coefficient (Wildman–Crippen LogP) is 5.06. The Hall–Kier alpha value is -1.26. The lowest BCUT2D eigenvalue weighted by Gasteiger charge is -2.45. The Morgan fingerprint density at radius 3 is 2.25 bits per heavy atom. The highest BCUT2D eigenvalue weighted by atomic mass is 16.5. The monoisotopic (exact) mass is 388 g/mol. The standard InChI is InChI=1S/C24H40N2O2/c1-4-5-6-7-8-9-10-11-13-25-15-16-26-14-12-20-17-23(27-2)24(28-3)18-21(20)22(26)19-25/h17-18,22H,4-16,19H2,1-3H3. The van der Waals surface area contributed by atoms with Crippen LogP contribution in [0.25, 0.3) is 0 Å². The van der Waals surface area contributed by atoms with Gasteiger partial charge >= 0.3 is 0 Å². The summed E-state index contributed by atoms with van der Waals surface area (Å²) in [4.78, 5) is 5.35. The van der Waals surface area contributed by atoms with Gasteiger partial charge < -0.3 is 14.4 Å². The summed E-state index contributed by atoms with van der Waals surface area (Å²) in [5.41, 5.74) is 2.89. The van der Waals surface area contributed by atoms with Gasteiger partial charge in [-0.05, 0) is 42.6 Å². The van der Waals surface area contributed by atoms with Crippen molar-refractivity contribution < 1.29 is 9.47 Å². The highest BCUT2D eigenvalue weighted by Crippen LogP contribution is 2.39. The molecule has 0 N–H and O–H groups in total. The number of hydrogen-bond donors (Lipinski definition) is 0. The van der Waals surface area contributed by atoms with Gasteiger partial charge in [0.15, 0.2) is 11.5 Å². The molecule has 4 heteroatoms. The first-order chi connectivity index (χ1) is 13.8. The van der Waals surface area contributed by atoms with Gasteiger partial charge in [-0.1, -0.05) is 51.9 Å². The van der Waals surface area contributed by atoms with Gasteiger partial charge in [-0.25, -0.2) is 0 Å². The molecule has 1 atom stereocenters. The third-order valence-electron chi connectivity index (χ3n) is 6.58. The van der Waals surface area contributed by atoms with E-state index in [9.17, 15) is 0 Å². The summed E-state index contributed by atoms with van der Waals surface area (Å²) in [7, 11) is 3.46. The molecule has 0 aromatic heterocycles. The molecule has 4 nitrogen and oxygen atoms in total. The summed E-state index contributed by atoms with van der Waals surface area (Å²) in [5.74, 6) is 1.73. The van der Waals surface area contributed by atoms with Crippen LogP contribution in [0.2, 0.25) is 0 Å². The van der Waals surface area contributed by atoms with Crippen molar-refractivity contribution in [3.05, 3.63) is 23.3 Å². The van der Waals surface area contributed by atoms with E-state index in [1.807, 2.05) is 0 Å². The molecule has 2 aliphatic heterocycles. The Morgan fingerprint density at radius 1 is 0.857 bits per heavy atom. The van der Waals surface area contributed by atoms with E-state index in [4.69, 9.17) is 9.47 Å². The van der Waals surface area contributed by atoms with Gasteiger partial charge in [0.1, 0.15) is 0 Å². The third-order valence-corrected chi connectivity index (χ3v) is 6.58. The average molecular weight is 389 g/mol. The second-order valence-corrected chi connectivity index (χ2v) is 8.48. The van der Waals surface area contributed by atoms with E-state index in [1.165, 1.54) is 88.7 Å². The van der Waals surface area contributed by atoms with Crippen molar-refractivity contribution in [1.29, 1.82) is 0 Å². The number of hydrogen-bond acceptors (Lipinski definition) is 4. The van der Waals surface area contributed by atoms with Gasteiger partial charge in [-0.2, -0.15) is 0 Å². The number of benzene rings is 1. The van der Waals surface area contributed by atoms with Crippen LogP contribution in [-0.4, -0.2) is 56.7 Å². The normalized spacial score (nSPS) is 19.9. The number of piperazine rings is 1. The molecule has 0 radical (unpaired) electrons. The minimum Gasteiger partial charge on any atom is -0.493 e. The van der Waals surface area contributed by atoms with E-state index in [1.54, 1.807) is 14.2 Å². The summed E-state index contributed by atoms with van der Waals surface area (Å²) >= 11 is 0. The van der Waals surface area contributed by atoms with Crippen molar-refractivity contribution in [2.24, 2.45) is 0 Å².